The predicted molar refractivity (Wildman–Crippen MR) is 62.5 cm³/mol. The van der Waals surface area contributed by atoms with Crippen molar-refractivity contribution >= 4 is 5.82 Å². The fraction of sp³-hybridized carbons (Fsp3) is 0.583. The van der Waals surface area contributed by atoms with E-state index in [0.29, 0.717) is 38.4 Å². The van der Waals surface area contributed by atoms with E-state index in [2.05, 4.69) is 4.98 Å². The van der Waals surface area contributed by atoms with E-state index in [0.717, 1.165) is 0 Å². The zero-order valence-electron chi connectivity index (χ0n) is 9.90. The lowest BCUT2D eigenvalue weighted by Gasteiger charge is -2.35. The summed E-state index contributed by atoms with van der Waals surface area (Å²) < 4.78 is 18.2. The molecule has 2 heterocycles. The van der Waals surface area contributed by atoms with Crippen molar-refractivity contribution in [3.05, 3.63) is 24.1 Å². The Balaban J connectivity index is 2.03. The third-order valence-electron chi connectivity index (χ3n) is 3.05. The molecule has 0 atom stereocenters. The summed E-state index contributed by atoms with van der Waals surface area (Å²) in [6.45, 7) is 1.58. The van der Waals surface area contributed by atoms with Crippen molar-refractivity contribution in [2.75, 3.05) is 31.7 Å². The second-order valence-corrected chi connectivity index (χ2v) is 4.51. The molecule has 1 aliphatic rings. The number of pyridine rings is 1. The van der Waals surface area contributed by atoms with Gasteiger partial charge in [0.1, 0.15) is 5.82 Å². The lowest BCUT2D eigenvalue weighted by Crippen LogP contribution is -2.46. The highest BCUT2D eigenvalue weighted by Gasteiger charge is 2.31. The van der Waals surface area contributed by atoms with Crippen molar-refractivity contribution < 1.29 is 14.2 Å². The van der Waals surface area contributed by atoms with Gasteiger partial charge >= 0.3 is 0 Å². The molecular weight excluding hydrogens is 223 g/mol. The molecule has 0 aliphatic carbocycles. The van der Waals surface area contributed by atoms with Gasteiger partial charge in [-0.25, -0.2) is 4.98 Å². The van der Waals surface area contributed by atoms with Crippen LogP contribution in [0.1, 0.15) is 12.8 Å². The smallest absolute Gasteiger partial charge is 0.214 e. The molecule has 0 unspecified atom stereocenters. The van der Waals surface area contributed by atoms with Crippen LogP contribution in [0.5, 0.6) is 0 Å². The van der Waals surface area contributed by atoms with Crippen LogP contribution >= 0.6 is 0 Å². The Morgan fingerprint density at radius 1 is 1.47 bits per heavy atom. The van der Waals surface area contributed by atoms with Gasteiger partial charge in [0.2, 0.25) is 5.95 Å². The van der Waals surface area contributed by atoms with Gasteiger partial charge in [0, 0.05) is 39.6 Å². The number of ether oxygens (including phenoxy) is 1. The molecule has 5 heteroatoms. The minimum Gasteiger partial charge on any atom is -0.388 e. The maximum Gasteiger partial charge on any atom is 0.214 e. The number of rotatable bonds is 3. The van der Waals surface area contributed by atoms with Crippen LogP contribution in [0.2, 0.25) is 0 Å². The first kappa shape index (κ1) is 12.3. The summed E-state index contributed by atoms with van der Waals surface area (Å²) in [6, 6.07) is 4.65. The largest absolute Gasteiger partial charge is 0.388 e. The minimum atomic E-state index is -0.763. The van der Waals surface area contributed by atoms with Crippen LogP contribution in [0, 0.1) is 5.95 Å². The summed E-state index contributed by atoms with van der Waals surface area (Å²) in [5.41, 5.74) is -0.763. The molecule has 1 fully saturated rings. The van der Waals surface area contributed by atoms with Gasteiger partial charge in [-0.3, -0.25) is 0 Å². The molecule has 1 saturated heterocycles. The first-order valence-corrected chi connectivity index (χ1v) is 5.73. The number of halogens is 1. The Kier molecular flexibility index (Phi) is 3.59. The molecule has 1 aromatic rings. The Bertz CT molecular complexity index is 381. The topological polar surface area (TPSA) is 45.6 Å². The summed E-state index contributed by atoms with van der Waals surface area (Å²) in [7, 11) is 1.80. The molecule has 0 aromatic carbocycles. The van der Waals surface area contributed by atoms with Crippen LogP contribution in [0.25, 0.3) is 0 Å². The molecule has 94 valence electrons. The molecule has 17 heavy (non-hydrogen) atoms. The molecule has 0 radical (unpaired) electrons. The van der Waals surface area contributed by atoms with Crippen LogP contribution in [-0.4, -0.2) is 42.5 Å². The zero-order valence-corrected chi connectivity index (χ0v) is 9.90. The molecule has 2 rings (SSSR count). The summed E-state index contributed by atoms with van der Waals surface area (Å²) in [5, 5.41) is 10.3. The van der Waals surface area contributed by atoms with Crippen LogP contribution in [0.3, 0.4) is 0 Å². The van der Waals surface area contributed by atoms with Crippen LogP contribution in [0.4, 0.5) is 10.2 Å². The number of aromatic nitrogens is 1. The summed E-state index contributed by atoms with van der Waals surface area (Å²) in [4.78, 5) is 5.56. The van der Waals surface area contributed by atoms with E-state index < -0.39 is 11.5 Å². The summed E-state index contributed by atoms with van der Waals surface area (Å²) >= 11 is 0. The molecular formula is C12H17FN2O2. The van der Waals surface area contributed by atoms with Gasteiger partial charge in [-0.2, -0.15) is 4.39 Å². The lowest BCUT2D eigenvalue weighted by molar-refractivity contribution is -0.0573. The Morgan fingerprint density at radius 2 is 2.18 bits per heavy atom. The Labute approximate surface area is 100 Å². The molecule has 1 aliphatic heterocycles. The fourth-order valence-electron chi connectivity index (χ4n) is 2.04. The quantitative estimate of drug-likeness (QED) is 0.806. The van der Waals surface area contributed by atoms with Crippen molar-refractivity contribution in [2.45, 2.75) is 18.4 Å². The number of aliphatic hydroxyl groups is 1. The van der Waals surface area contributed by atoms with Crippen molar-refractivity contribution in [2.24, 2.45) is 0 Å². The standard InChI is InChI=1S/C12H17FN2O2/c1-15(11-4-2-3-10(13)14-11)9-12(16)5-7-17-8-6-12/h2-4,16H,5-9H2,1H3. The number of hydrogen-bond acceptors (Lipinski definition) is 4. The van der Waals surface area contributed by atoms with Crippen molar-refractivity contribution in [1.82, 2.24) is 4.98 Å². The van der Waals surface area contributed by atoms with Gasteiger partial charge in [0.05, 0.1) is 5.60 Å². The Morgan fingerprint density at radius 3 is 2.82 bits per heavy atom. The van der Waals surface area contributed by atoms with E-state index in [4.69, 9.17) is 4.74 Å². The highest BCUT2D eigenvalue weighted by Crippen LogP contribution is 2.23. The third-order valence-corrected chi connectivity index (χ3v) is 3.05. The highest BCUT2D eigenvalue weighted by molar-refractivity contribution is 5.37. The molecule has 0 bridgehead atoms. The number of likely N-dealkylation sites (N-methyl/N-ethyl adjacent to an activating group) is 1. The van der Waals surface area contributed by atoms with Crippen molar-refractivity contribution in [3.63, 3.8) is 0 Å². The van der Waals surface area contributed by atoms with Gasteiger partial charge in [-0.1, -0.05) is 6.07 Å². The van der Waals surface area contributed by atoms with Crippen molar-refractivity contribution in [3.8, 4) is 0 Å². The van der Waals surface area contributed by atoms with Crippen LogP contribution in [-0.2, 0) is 4.74 Å². The van der Waals surface area contributed by atoms with E-state index >= 15 is 0 Å². The summed E-state index contributed by atoms with van der Waals surface area (Å²) in [6.07, 6.45) is 1.21. The third kappa shape index (κ3) is 3.14. The van der Waals surface area contributed by atoms with Gasteiger partial charge in [-0.05, 0) is 12.1 Å². The molecule has 1 N–H and O–H groups in total. The first-order chi connectivity index (χ1) is 8.09. The first-order valence-electron chi connectivity index (χ1n) is 5.73. The monoisotopic (exact) mass is 240 g/mol. The molecule has 1 aromatic heterocycles. The lowest BCUT2D eigenvalue weighted by atomic mass is 9.94. The predicted octanol–water partition coefficient (Wildman–Crippen LogP) is 1.20. The maximum absolute atomic E-state index is 13.0. The number of hydrogen-bond donors (Lipinski definition) is 1. The average Bonchev–Trinajstić information content (AvgIpc) is 2.29. The average molecular weight is 240 g/mol. The molecule has 0 saturated carbocycles. The van der Waals surface area contributed by atoms with Crippen LogP contribution < -0.4 is 4.90 Å². The Hall–Kier alpha value is -1.20. The number of anilines is 1. The maximum atomic E-state index is 13.0. The van der Waals surface area contributed by atoms with Crippen LogP contribution in [0.15, 0.2) is 18.2 Å². The van der Waals surface area contributed by atoms with Crippen molar-refractivity contribution in [1.29, 1.82) is 0 Å². The second kappa shape index (κ2) is 4.98. The molecule has 0 amide bonds. The SMILES string of the molecule is CN(CC1(O)CCOCC1)c1cccc(F)n1. The number of nitrogens with zero attached hydrogens (tertiary/aromatic N) is 2. The van der Waals surface area contributed by atoms with Gasteiger partial charge < -0.3 is 14.7 Å². The normalized spacial score (nSPS) is 19.0. The van der Waals surface area contributed by atoms with Gasteiger partial charge in [0.25, 0.3) is 0 Å². The zero-order chi connectivity index (χ0) is 12.3. The highest BCUT2D eigenvalue weighted by atomic mass is 19.1. The van der Waals surface area contributed by atoms with E-state index in [1.54, 1.807) is 24.1 Å². The fourth-order valence-corrected chi connectivity index (χ4v) is 2.04. The van der Waals surface area contributed by atoms with E-state index in [9.17, 15) is 9.50 Å². The minimum absolute atomic E-state index is 0.437. The van der Waals surface area contributed by atoms with E-state index in [1.807, 2.05) is 0 Å². The van der Waals surface area contributed by atoms with E-state index in [-0.39, 0.29) is 0 Å². The van der Waals surface area contributed by atoms with Gasteiger partial charge in [-0.15, -0.1) is 0 Å². The summed E-state index contributed by atoms with van der Waals surface area (Å²) in [5.74, 6) is 0.0261. The molecule has 4 nitrogen and oxygen atoms in total. The van der Waals surface area contributed by atoms with Gasteiger partial charge in [0.15, 0.2) is 0 Å². The second-order valence-electron chi connectivity index (χ2n) is 4.51. The molecule has 0 spiro atoms. The van der Waals surface area contributed by atoms with E-state index in [1.165, 1.54) is 6.07 Å².